The highest BCUT2D eigenvalue weighted by molar-refractivity contribution is 5.92. The van der Waals surface area contributed by atoms with Crippen LogP contribution in [0.4, 0.5) is 5.69 Å². The maximum atomic E-state index is 5.91. The molecule has 0 aliphatic carbocycles. The van der Waals surface area contributed by atoms with Gasteiger partial charge in [0.25, 0.3) is 0 Å². The Morgan fingerprint density at radius 1 is 1.43 bits per heavy atom. The van der Waals surface area contributed by atoms with Gasteiger partial charge in [-0.2, -0.15) is 0 Å². The third kappa shape index (κ3) is 5.27. The Balaban J connectivity index is 1.76. The summed E-state index contributed by atoms with van der Waals surface area (Å²) in [4.78, 5) is 6.85. The van der Waals surface area contributed by atoms with Gasteiger partial charge in [-0.1, -0.05) is 13.0 Å². The van der Waals surface area contributed by atoms with Crippen molar-refractivity contribution in [2.75, 3.05) is 38.6 Å². The van der Waals surface area contributed by atoms with Crippen LogP contribution >= 0.6 is 0 Å². The summed E-state index contributed by atoms with van der Waals surface area (Å²) in [7, 11) is 1.65. The van der Waals surface area contributed by atoms with E-state index < -0.39 is 0 Å². The van der Waals surface area contributed by atoms with Gasteiger partial charge in [0.15, 0.2) is 5.96 Å². The number of benzene rings is 1. The fourth-order valence-electron chi connectivity index (χ4n) is 2.49. The number of hydrogen-bond acceptors (Lipinski definition) is 3. The van der Waals surface area contributed by atoms with E-state index in [0.717, 1.165) is 30.4 Å². The monoisotopic (exact) mass is 290 g/mol. The molecule has 0 radical (unpaired) electrons. The van der Waals surface area contributed by atoms with Gasteiger partial charge in [-0.15, -0.1) is 0 Å². The van der Waals surface area contributed by atoms with E-state index in [1.54, 1.807) is 7.11 Å². The summed E-state index contributed by atoms with van der Waals surface area (Å²) in [6.45, 7) is 6.40. The van der Waals surface area contributed by atoms with Crippen molar-refractivity contribution in [1.82, 2.24) is 4.90 Å². The van der Waals surface area contributed by atoms with Crippen LogP contribution in [-0.2, 0) is 0 Å². The highest BCUT2D eigenvalue weighted by Crippen LogP contribution is 2.16. The predicted octanol–water partition coefficient (Wildman–Crippen LogP) is 2.15. The van der Waals surface area contributed by atoms with Crippen molar-refractivity contribution in [3.8, 4) is 5.75 Å². The molecule has 116 valence electrons. The first-order valence-electron chi connectivity index (χ1n) is 7.60. The van der Waals surface area contributed by atoms with Crippen LogP contribution in [0.25, 0.3) is 0 Å². The number of aliphatic imine (C=N–C) groups is 1. The zero-order chi connectivity index (χ0) is 15.1. The number of piperidine rings is 1. The van der Waals surface area contributed by atoms with Crippen LogP contribution in [0.1, 0.15) is 19.8 Å². The third-order valence-corrected chi connectivity index (χ3v) is 3.92. The number of anilines is 1. The average molecular weight is 290 g/mol. The highest BCUT2D eigenvalue weighted by atomic mass is 16.5. The summed E-state index contributed by atoms with van der Waals surface area (Å²) in [5.74, 6) is 2.12. The maximum Gasteiger partial charge on any atom is 0.193 e. The zero-order valence-corrected chi connectivity index (χ0v) is 13.0. The van der Waals surface area contributed by atoms with E-state index in [-0.39, 0.29) is 0 Å². The number of nitrogens with two attached hydrogens (primary N) is 1. The van der Waals surface area contributed by atoms with Gasteiger partial charge in [-0.25, -0.2) is 0 Å². The van der Waals surface area contributed by atoms with Crippen molar-refractivity contribution in [1.29, 1.82) is 0 Å². The quantitative estimate of drug-likeness (QED) is 0.644. The van der Waals surface area contributed by atoms with E-state index in [9.17, 15) is 0 Å². The molecule has 1 aliphatic heterocycles. The smallest absolute Gasteiger partial charge is 0.193 e. The molecule has 0 aromatic heterocycles. The van der Waals surface area contributed by atoms with E-state index in [1.165, 1.54) is 25.9 Å². The minimum absolute atomic E-state index is 0.452. The molecule has 2 rings (SSSR count). The van der Waals surface area contributed by atoms with Crippen LogP contribution in [-0.4, -0.2) is 44.1 Å². The number of hydrogen-bond donors (Lipinski definition) is 2. The van der Waals surface area contributed by atoms with Crippen molar-refractivity contribution in [3.63, 3.8) is 0 Å². The summed E-state index contributed by atoms with van der Waals surface area (Å²) < 4.78 is 5.18. The van der Waals surface area contributed by atoms with Crippen LogP contribution in [0.15, 0.2) is 29.3 Å². The van der Waals surface area contributed by atoms with Gasteiger partial charge < -0.3 is 20.7 Å². The number of nitrogens with zero attached hydrogens (tertiary/aromatic N) is 2. The molecule has 1 heterocycles. The Morgan fingerprint density at radius 3 is 2.90 bits per heavy atom. The minimum atomic E-state index is 0.452. The van der Waals surface area contributed by atoms with Crippen molar-refractivity contribution in [2.24, 2.45) is 16.6 Å². The SMILES string of the molecule is COc1cccc(NC(N)=NCCN2CCC(C)CC2)c1. The number of guanidine groups is 1. The molecule has 21 heavy (non-hydrogen) atoms. The van der Waals surface area contributed by atoms with Gasteiger partial charge in [0.1, 0.15) is 5.75 Å². The van der Waals surface area contributed by atoms with Crippen LogP contribution in [0.5, 0.6) is 5.75 Å². The number of ether oxygens (including phenoxy) is 1. The van der Waals surface area contributed by atoms with Gasteiger partial charge in [0.2, 0.25) is 0 Å². The second-order valence-electron chi connectivity index (χ2n) is 5.65. The summed E-state index contributed by atoms with van der Waals surface area (Å²) in [6, 6.07) is 7.66. The van der Waals surface area contributed by atoms with Crippen LogP contribution in [0, 0.1) is 5.92 Å². The fourth-order valence-corrected chi connectivity index (χ4v) is 2.49. The lowest BCUT2D eigenvalue weighted by atomic mass is 9.99. The van der Waals surface area contributed by atoms with E-state index >= 15 is 0 Å². The fraction of sp³-hybridized carbons (Fsp3) is 0.562. The molecule has 1 fully saturated rings. The first-order valence-corrected chi connectivity index (χ1v) is 7.60. The summed E-state index contributed by atoms with van der Waals surface area (Å²) >= 11 is 0. The van der Waals surface area contributed by atoms with E-state index in [1.807, 2.05) is 24.3 Å². The first-order chi connectivity index (χ1) is 10.2. The van der Waals surface area contributed by atoms with E-state index in [0.29, 0.717) is 5.96 Å². The molecule has 1 aromatic rings. The third-order valence-electron chi connectivity index (χ3n) is 3.92. The molecule has 0 atom stereocenters. The molecule has 1 saturated heterocycles. The normalized spacial score (nSPS) is 17.7. The van der Waals surface area contributed by atoms with Gasteiger partial charge in [0, 0.05) is 18.3 Å². The van der Waals surface area contributed by atoms with Crippen LogP contribution < -0.4 is 15.8 Å². The zero-order valence-electron chi connectivity index (χ0n) is 13.0. The highest BCUT2D eigenvalue weighted by Gasteiger charge is 2.14. The Labute approximate surface area is 127 Å². The largest absolute Gasteiger partial charge is 0.497 e. The van der Waals surface area contributed by atoms with Gasteiger partial charge in [-0.3, -0.25) is 4.99 Å². The van der Waals surface area contributed by atoms with E-state index in [2.05, 4.69) is 22.1 Å². The Hall–Kier alpha value is -1.75. The molecular weight excluding hydrogens is 264 g/mol. The van der Waals surface area contributed by atoms with E-state index in [4.69, 9.17) is 10.5 Å². The Bertz CT molecular complexity index is 467. The molecule has 5 heteroatoms. The molecule has 0 spiro atoms. The van der Waals surface area contributed by atoms with Crippen molar-refractivity contribution in [2.45, 2.75) is 19.8 Å². The number of nitrogens with one attached hydrogen (secondary N) is 1. The van der Waals surface area contributed by atoms with Crippen molar-refractivity contribution in [3.05, 3.63) is 24.3 Å². The number of rotatable bonds is 5. The lowest BCUT2D eigenvalue weighted by molar-refractivity contribution is 0.197. The average Bonchev–Trinajstić information content (AvgIpc) is 2.49. The molecule has 3 N–H and O–H groups in total. The van der Waals surface area contributed by atoms with Crippen molar-refractivity contribution >= 4 is 11.6 Å². The maximum absolute atomic E-state index is 5.91. The second kappa shape index (κ2) is 7.88. The molecule has 0 unspecified atom stereocenters. The minimum Gasteiger partial charge on any atom is -0.497 e. The molecule has 1 aliphatic rings. The second-order valence-corrected chi connectivity index (χ2v) is 5.65. The standard InChI is InChI=1S/C16H26N4O/c1-13-6-9-20(10-7-13)11-8-18-16(17)19-14-4-3-5-15(12-14)21-2/h3-5,12-13H,6-11H2,1-2H3,(H3,17,18,19). The number of methoxy groups -OCH3 is 1. The van der Waals surface area contributed by atoms with Crippen LogP contribution in [0.3, 0.4) is 0 Å². The van der Waals surface area contributed by atoms with Gasteiger partial charge in [0.05, 0.1) is 13.7 Å². The Morgan fingerprint density at radius 2 is 2.19 bits per heavy atom. The predicted molar refractivity (Wildman–Crippen MR) is 87.9 cm³/mol. The summed E-state index contributed by atoms with van der Waals surface area (Å²) in [5, 5.41) is 3.09. The molecular formula is C16H26N4O. The Kier molecular flexibility index (Phi) is 5.87. The molecule has 5 nitrogen and oxygen atoms in total. The summed E-state index contributed by atoms with van der Waals surface area (Å²) in [6.07, 6.45) is 2.59. The summed E-state index contributed by atoms with van der Waals surface area (Å²) in [5.41, 5.74) is 6.81. The van der Waals surface area contributed by atoms with Gasteiger partial charge in [-0.05, 0) is 44.0 Å². The number of likely N-dealkylation sites (tertiary alicyclic amines) is 1. The topological polar surface area (TPSA) is 62.9 Å². The lowest BCUT2D eigenvalue weighted by Gasteiger charge is -2.29. The molecule has 1 aromatic carbocycles. The lowest BCUT2D eigenvalue weighted by Crippen LogP contribution is -2.35. The van der Waals surface area contributed by atoms with Gasteiger partial charge >= 0.3 is 0 Å². The molecule has 0 bridgehead atoms. The van der Waals surface area contributed by atoms with Crippen LogP contribution in [0.2, 0.25) is 0 Å². The first kappa shape index (κ1) is 15.6. The molecule has 0 amide bonds. The molecule has 0 saturated carbocycles. The van der Waals surface area contributed by atoms with Crippen molar-refractivity contribution < 1.29 is 4.74 Å².